The molecule has 0 spiro atoms. The van der Waals surface area contributed by atoms with E-state index in [9.17, 15) is 9.18 Å². The van der Waals surface area contributed by atoms with Crippen LogP contribution in [-0.4, -0.2) is 10.9 Å². The van der Waals surface area contributed by atoms with E-state index in [0.717, 1.165) is 6.20 Å². The van der Waals surface area contributed by atoms with Gasteiger partial charge in [0.1, 0.15) is 5.82 Å². The molecule has 3 nitrogen and oxygen atoms in total. The molecule has 0 saturated carbocycles. The lowest BCUT2D eigenvalue weighted by atomic mass is 10.1. The first-order chi connectivity index (χ1) is 6.72. The quantitative estimate of drug-likeness (QED) is 0.676. The van der Waals surface area contributed by atoms with Crippen molar-refractivity contribution < 1.29 is 9.18 Å². The molecule has 1 aromatic heterocycles. The summed E-state index contributed by atoms with van der Waals surface area (Å²) in [7, 11) is 0. The van der Waals surface area contributed by atoms with Crippen LogP contribution in [0.15, 0.2) is 12.3 Å². The van der Waals surface area contributed by atoms with Gasteiger partial charge in [-0.1, -0.05) is 6.92 Å². The van der Waals surface area contributed by atoms with Crippen molar-refractivity contribution in [1.29, 1.82) is 0 Å². The number of halogens is 1. The van der Waals surface area contributed by atoms with Crippen LogP contribution < -0.4 is 5.32 Å². The molecule has 0 aliphatic carbocycles. The van der Waals surface area contributed by atoms with Gasteiger partial charge in [0.05, 0.1) is 17.6 Å². The van der Waals surface area contributed by atoms with Crippen molar-refractivity contribution >= 4 is 17.7 Å². The second-order valence-electron chi connectivity index (χ2n) is 2.96. The Hall–Kier alpha value is -1.71. The smallest absolute Gasteiger partial charge is 0.267 e. The van der Waals surface area contributed by atoms with Gasteiger partial charge in [-0.15, -0.1) is 0 Å². The highest BCUT2D eigenvalue weighted by Gasteiger charge is 2.18. The van der Waals surface area contributed by atoms with Crippen LogP contribution in [0.1, 0.15) is 18.2 Å². The molecule has 14 heavy (non-hydrogen) atoms. The van der Waals surface area contributed by atoms with Crippen LogP contribution in [0.5, 0.6) is 0 Å². The van der Waals surface area contributed by atoms with Crippen LogP contribution in [0.25, 0.3) is 6.08 Å². The summed E-state index contributed by atoms with van der Waals surface area (Å²) in [5.74, 6) is -0.766. The van der Waals surface area contributed by atoms with Gasteiger partial charge in [0.25, 0.3) is 5.91 Å². The van der Waals surface area contributed by atoms with Crippen molar-refractivity contribution in [3.63, 3.8) is 0 Å². The van der Waals surface area contributed by atoms with Gasteiger partial charge in [-0.2, -0.15) is 0 Å². The summed E-state index contributed by atoms with van der Waals surface area (Å²) < 4.78 is 13.2. The van der Waals surface area contributed by atoms with E-state index in [1.54, 1.807) is 6.08 Å². The Bertz CT molecular complexity index is 426. The molecule has 0 fully saturated rings. The number of aromatic nitrogens is 1. The number of amides is 1. The molecule has 1 aliphatic heterocycles. The third kappa shape index (κ3) is 1.28. The van der Waals surface area contributed by atoms with Crippen LogP contribution in [0.3, 0.4) is 0 Å². The number of rotatable bonds is 1. The molecule has 1 amide bonds. The van der Waals surface area contributed by atoms with Crippen LogP contribution in [-0.2, 0) is 11.2 Å². The fourth-order valence-corrected chi connectivity index (χ4v) is 1.41. The molecule has 4 heteroatoms. The van der Waals surface area contributed by atoms with Crippen LogP contribution in [0.2, 0.25) is 0 Å². The summed E-state index contributed by atoms with van der Waals surface area (Å²) in [5.41, 5.74) is 1.38. The molecule has 0 N–H and O–H groups in total. The van der Waals surface area contributed by atoms with Gasteiger partial charge in [-0.05, 0) is 12.5 Å². The second kappa shape index (κ2) is 3.21. The van der Waals surface area contributed by atoms with Gasteiger partial charge in [0.2, 0.25) is 0 Å². The van der Waals surface area contributed by atoms with Crippen molar-refractivity contribution in [3.05, 3.63) is 29.3 Å². The first kappa shape index (κ1) is 8.87. The summed E-state index contributed by atoms with van der Waals surface area (Å²) in [6.45, 7) is 1.82. The molecule has 2 heterocycles. The van der Waals surface area contributed by atoms with Crippen molar-refractivity contribution in [3.8, 4) is 0 Å². The van der Waals surface area contributed by atoms with Crippen molar-refractivity contribution in [1.82, 2.24) is 10.3 Å². The zero-order valence-corrected chi connectivity index (χ0v) is 7.62. The molecule has 0 aromatic carbocycles. The first-order valence-electron chi connectivity index (χ1n) is 4.33. The highest BCUT2D eigenvalue weighted by Crippen LogP contribution is 2.26. The molecule has 1 aliphatic rings. The Labute approximate surface area is 80.7 Å². The highest BCUT2D eigenvalue weighted by molar-refractivity contribution is 5.99. The van der Waals surface area contributed by atoms with E-state index in [1.807, 2.05) is 6.92 Å². The maximum absolute atomic E-state index is 13.2. The number of carbonyl (C=O) groups excluding carboxylic acids is 1. The Kier molecular flexibility index (Phi) is 2.04. The number of hydrogen-bond acceptors (Lipinski definition) is 2. The van der Waals surface area contributed by atoms with Gasteiger partial charge in [0.15, 0.2) is 0 Å². The number of carbonyl (C=O) groups is 1. The number of nitrogens with zero attached hydrogens (tertiary/aromatic N) is 2. The summed E-state index contributed by atoms with van der Waals surface area (Å²) in [6, 6.07) is 0. The standard InChI is InChI=1S/C10H8FN2O/c1-2-6-7(11)5-12-8-3-4-9(14)13-10(6)8/h3-5H,2H2,1H3. The van der Waals surface area contributed by atoms with Crippen molar-refractivity contribution in [2.75, 3.05) is 0 Å². The van der Waals surface area contributed by atoms with Gasteiger partial charge in [-0.3, -0.25) is 9.78 Å². The van der Waals surface area contributed by atoms with Gasteiger partial charge < -0.3 is 0 Å². The van der Waals surface area contributed by atoms with E-state index in [2.05, 4.69) is 10.3 Å². The SMILES string of the molecule is CCc1c(F)cnc2c1[N]C(=O)C=C2. The monoisotopic (exact) mass is 191 g/mol. The van der Waals surface area contributed by atoms with E-state index in [4.69, 9.17) is 0 Å². The minimum Gasteiger partial charge on any atom is -0.267 e. The van der Waals surface area contributed by atoms with E-state index in [1.165, 1.54) is 6.08 Å². The molecule has 0 saturated heterocycles. The molecule has 0 unspecified atom stereocenters. The lowest BCUT2D eigenvalue weighted by Gasteiger charge is -2.12. The maximum atomic E-state index is 13.2. The van der Waals surface area contributed by atoms with Gasteiger partial charge in [0, 0.05) is 11.6 Å². The van der Waals surface area contributed by atoms with Crippen molar-refractivity contribution in [2.45, 2.75) is 13.3 Å². The summed E-state index contributed by atoms with van der Waals surface area (Å²) in [5, 5.41) is 3.75. The Balaban J connectivity index is 2.62. The maximum Gasteiger partial charge on any atom is 0.270 e. The first-order valence-corrected chi connectivity index (χ1v) is 4.33. The fraction of sp³-hybridized carbons (Fsp3) is 0.200. The summed E-state index contributed by atoms with van der Waals surface area (Å²) in [4.78, 5) is 14.9. The predicted molar refractivity (Wildman–Crippen MR) is 49.4 cm³/mol. The zero-order chi connectivity index (χ0) is 10.1. The molecular weight excluding hydrogens is 183 g/mol. The van der Waals surface area contributed by atoms with E-state index in [-0.39, 0.29) is 5.91 Å². The summed E-state index contributed by atoms with van der Waals surface area (Å²) >= 11 is 0. The minimum absolute atomic E-state index is 0.361. The van der Waals surface area contributed by atoms with E-state index in [0.29, 0.717) is 23.4 Å². The Morgan fingerprint density at radius 1 is 1.43 bits per heavy atom. The third-order valence-electron chi connectivity index (χ3n) is 2.09. The normalized spacial score (nSPS) is 13.7. The molecule has 71 valence electrons. The number of hydrogen-bond donors (Lipinski definition) is 0. The second-order valence-corrected chi connectivity index (χ2v) is 2.96. The lowest BCUT2D eigenvalue weighted by molar-refractivity contribution is -0.115. The summed E-state index contributed by atoms with van der Waals surface area (Å²) in [6.07, 6.45) is 4.55. The molecule has 1 aromatic rings. The largest absolute Gasteiger partial charge is 0.270 e. The molecule has 1 radical (unpaired) electrons. The van der Waals surface area contributed by atoms with Crippen LogP contribution in [0.4, 0.5) is 10.1 Å². The minimum atomic E-state index is -0.405. The highest BCUT2D eigenvalue weighted by atomic mass is 19.1. The fourth-order valence-electron chi connectivity index (χ4n) is 1.41. The molecule has 2 rings (SSSR count). The third-order valence-corrected chi connectivity index (χ3v) is 2.09. The Morgan fingerprint density at radius 2 is 2.21 bits per heavy atom. The van der Waals surface area contributed by atoms with E-state index >= 15 is 0 Å². The topological polar surface area (TPSA) is 44.1 Å². The Morgan fingerprint density at radius 3 is 2.93 bits per heavy atom. The average Bonchev–Trinajstić information content (AvgIpc) is 2.17. The van der Waals surface area contributed by atoms with Crippen LogP contribution >= 0.6 is 0 Å². The predicted octanol–water partition coefficient (Wildman–Crippen LogP) is 1.57. The van der Waals surface area contributed by atoms with Gasteiger partial charge >= 0.3 is 0 Å². The lowest BCUT2D eigenvalue weighted by Crippen LogP contribution is -2.15. The van der Waals surface area contributed by atoms with Crippen molar-refractivity contribution in [2.24, 2.45) is 0 Å². The molecular formula is C10H8FN2O. The molecule has 0 atom stereocenters. The number of pyridine rings is 1. The zero-order valence-electron chi connectivity index (χ0n) is 7.62. The number of fused-ring (bicyclic) bond motifs is 1. The van der Waals surface area contributed by atoms with Gasteiger partial charge in [-0.25, -0.2) is 9.71 Å². The van der Waals surface area contributed by atoms with Crippen LogP contribution in [0, 0.1) is 5.82 Å². The van der Waals surface area contributed by atoms with E-state index < -0.39 is 5.82 Å². The molecule has 0 bridgehead atoms. The average molecular weight is 191 g/mol.